The van der Waals surface area contributed by atoms with Crippen LogP contribution < -0.4 is 5.32 Å². The van der Waals surface area contributed by atoms with Gasteiger partial charge in [-0.3, -0.25) is 14.9 Å². The highest BCUT2D eigenvalue weighted by Gasteiger charge is 2.34. The fraction of sp³-hybridized carbons (Fsp3) is 0.800. The molecule has 15 heavy (non-hydrogen) atoms. The molecule has 0 spiro atoms. The second-order valence-corrected chi connectivity index (χ2v) is 3.35. The Bertz CT molecular complexity index is 218. The standard InChI is InChI=1S/C10H17NO4/c1-3-14-9(12)7-5-6-8(11-7)10(13)15-4-2/h7-8,11H,3-6H2,1-2H3/t7-,8+. The van der Waals surface area contributed by atoms with Crippen LogP contribution in [0.15, 0.2) is 0 Å². The molecule has 0 unspecified atom stereocenters. The van der Waals surface area contributed by atoms with E-state index in [0.29, 0.717) is 26.1 Å². The van der Waals surface area contributed by atoms with Crippen LogP contribution in [0.1, 0.15) is 26.7 Å². The molecule has 0 radical (unpaired) electrons. The zero-order valence-corrected chi connectivity index (χ0v) is 9.12. The maximum absolute atomic E-state index is 11.3. The molecule has 0 aromatic rings. The summed E-state index contributed by atoms with van der Waals surface area (Å²) >= 11 is 0. The molecule has 86 valence electrons. The van der Waals surface area contributed by atoms with Crippen LogP contribution in [0, 0.1) is 0 Å². The Hall–Kier alpha value is -1.10. The third-order valence-corrected chi connectivity index (χ3v) is 2.29. The molecule has 2 atom stereocenters. The number of esters is 2. The van der Waals surface area contributed by atoms with Gasteiger partial charge < -0.3 is 9.47 Å². The van der Waals surface area contributed by atoms with Crippen molar-refractivity contribution in [3.05, 3.63) is 0 Å². The number of rotatable bonds is 4. The van der Waals surface area contributed by atoms with Gasteiger partial charge in [-0.1, -0.05) is 0 Å². The molecule has 1 rings (SSSR count). The van der Waals surface area contributed by atoms with Crippen molar-refractivity contribution in [2.75, 3.05) is 13.2 Å². The van der Waals surface area contributed by atoms with Crippen LogP contribution in [0.25, 0.3) is 0 Å². The van der Waals surface area contributed by atoms with E-state index in [0.717, 1.165) is 0 Å². The highest BCUT2D eigenvalue weighted by molar-refractivity contribution is 5.81. The minimum absolute atomic E-state index is 0.288. The molecule has 0 amide bonds. The number of hydrogen-bond acceptors (Lipinski definition) is 5. The van der Waals surface area contributed by atoms with Crippen molar-refractivity contribution in [2.24, 2.45) is 0 Å². The average Bonchev–Trinajstić information content (AvgIpc) is 2.67. The third kappa shape index (κ3) is 3.20. The largest absolute Gasteiger partial charge is 0.465 e. The van der Waals surface area contributed by atoms with Crippen LogP contribution in [0.4, 0.5) is 0 Å². The lowest BCUT2D eigenvalue weighted by Gasteiger charge is -2.12. The predicted octanol–water partition coefficient (Wildman–Crippen LogP) is 0.233. The first-order valence-corrected chi connectivity index (χ1v) is 5.28. The fourth-order valence-corrected chi connectivity index (χ4v) is 1.60. The van der Waals surface area contributed by atoms with Gasteiger partial charge >= 0.3 is 11.9 Å². The summed E-state index contributed by atoms with van der Waals surface area (Å²) < 4.78 is 9.72. The lowest BCUT2D eigenvalue weighted by atomic mass is 10.2. The van der Waals surface area contributed by atoms with Gasteiger partial charge in [0.2, 0.25) is 0 Å². The summed E-state index contributed by atoms with van der Waals surface area (Å²) in [5.74, 6) is -0.575. The number of nitrogens with one attached hydrogen (secondary N) is 1. The van der Waals surface area contributed by atoms with Crippen LogP contribution in [-0.4, -0.2) is 37.2 Å². The summed E-state index contributed by atoms with van der Waals surface area (Å²) in [4.78, 5) is 22.7. The molecule has 1 saturated heterocycles. The second kappa shape index (κ2) is 5.70. The van der Waals surface area contributed by atoms with E-state index in [9.17, 15) is 9.59 Å². The minimum Gasteiger partial charge on any atom is -0.465 e. The smallest absolute Gasteiger partial charge is 0.323 e. The Morgan fingerprint density at radius 1 is 1.07 bits per heavy atom. The van der Waals surface area contributed by atoms with Crippen LogP contribution >= 0.6 is 0 Å². The molecule has 5 nitrogen and oxygen atoms in total. The lowest BCUT2D eigenvalue weighted by molar-refractivity contribution is -0.146. The van der Waals surface area contributed by atoms with E-state index in [1.807, 2.05) is 0 Å². The molecule has 0 aromatic heterocycles. The maximum atomic E-state index is 11.3. The normalized spacial score (nSPS) is 24.9. The zero-order chi connectivity index (χ0) is 11.3. The van der Waals surface area contributed by atoms with Crippen LogP contribution in [0.3, 0.4) is 0 Å². The van der Waals surface area contributed by atoms with Gasteiger partial charge in [0.1, 0.15) is 12.1 Å². The van der Waals surface area contributed by atoms with Gasteiger partial charge in [0.25, 0.3) is 0 Å². The van der Waals surface area contributed by atoms with Crippen molar-refractivity contribution in [1.82, 2.24) is 5.32 Å². The van der Waals surface area contributed by atoms with E-state index in [1.165, 1.54) is 0 Å². The maximum Gasteiger partial charge on any atom is 0.323 e. The van der Waals surface area contributed by atoms with Crippen molar-refractivity contribution in [3.8, 4) is 0 Å². The molecule has 5 heteroatoms. The first-order chi connectivity index (χ1) is 7.19. The van der Waals surface area contributed by atoms with Crippen molar-refractivity contribution in [3.63, 3.8) is 0 Å². The molecule has 1 aliphatic rings. The van der Waals surface area contributed by atoms with Gasteiger partial charge in [-0.05, 0) is 26.7 Å². The van der Waals surface area contributed by atoms with Gasteiger partial charge in [-0.2, -0.15) is 0 Å². The van der Waals surface area contributed by atoms with Gasteiger partial charge in [0, 0.05) is 0 Å². The minimum atomic E-state index is -0.362. The number of ether oxygens (including phenoxy) is 2. The summed E-state index contributed by atoms with van der Waals surface area (Å²) in [6.07, 6.45) is 1.25. The molecular weight excluding hydrogens is 198 g/mol. The SMILES string of the molecule is CCOC(=O)[C@@H]1CC[C@H](C(=O)OCC)N1. The van der Waals surface area contributed by atoms with E-state index in [-0.39, 0.29) is 24.0 Å². The highest BCUT2D eigenvalue weighted by Crippen LogP contribution is 2.14. The summed E-state index contributed by atoms with van der Waals surface area (Å²) in [6.45, 7) is 4.24. The lowest BCUT2D eigenvalue weighted by Crippen LogP contribution is -2.41. The van der Waals surface area contributed by atoms with Gasteiger partial charge in [-0.15, -0.1) is 0 Å². The molecule has 1 N–H and O–H groups in total. The van der Waals surface area contributed by atoms with Crippen molar-refractivity contribution in [2.45, 2.75) is 38.8 Å². The van der Waals surface area contributed by atoms with Gasteiger partial charge in [0.05, 0.1) is 13.2 Å². The molecule has 1 heterocycles. The van der Waals surface area contributed by atoms with Crippen molar-refractivity contribution in [1.29, 1.82) is 0 Å². The molecular formula is C10H17NO4. The predicted molar refractivity (Wildman–Crippen MR) is 53.2 cm³/mol. The number of carbonyl (C=O) groups is 2. The fourth-order valence-electron chi connectivity index (χ4n) is 1.60. The molecule has 0 saturated carbocycles. The van der Waals surface area contributed by atoms with E-state index in [1.54, 1.807) is 13.8 Å². The molecule has 0 aliphatic carbocycles. The molecule has 1 fully saturated rings. The Morgan fingerprint density at radius 3 is 1.80 bits per heavy atom. The number of carbonyl (C=O) groups excluding carboxylic acids is 2. The first-order valence-electron chi connectivity index (χ1n) is 5.28. The summed E-state index contributed by atoms with van der Waals surface area (Å²) in [7, 11) is 0. The van der Waals surface area contributed by atoms with E-state index < -0.39 is 0 Å². The van der Waals surface area contributed by atoms with E-state index in [4.69, 9.17) is 9.47 Å². The van der Waals surface area contributed by atoms with Crippen LogP contribution in [0.2, 0.25) is 0 Å². The zero-order valence-electron chi connectivity index (χ0n) is 9.12. The first kappa shape index (κ1) is 12.0. The average molecular weight is 215 g/mol. The summed E-state index contributed by atoms with van der Waals surface area (Å²) in [5, 5.41) is 2.91. The quantitative estimate of drug-likeness (QED) is 0.680. The highest BCUT2D eigenvalue weighted by atomic mass is 16.5. The Labute approximate surface area is 89.1 Å². The summed E-state index contributed by atoms with van der Waals surface area (Å²) in [6, 6.07) is -0.723. The van der Waals surface area contributed by atoms with E-state index >= 15 is 0 Å². The monoisotopic (exact) mass is 215 g/mol. The Morgan fingerprint density at radius 2 is 1.47 bits per heavy atom. The van der Waals surface area contributed by atoms with Crippen LogP contribution in [0.5, 0.6) is 0 Å². The van der Waals surface area contributed by atoms with Crippen molar-refractivity contribution >= 4 is 11.9 Å². The Kier molecular flexibility index (Phi) is 4.55. The third-order valence-electron chi connectivity index (χ3n) is 2.29. The second-order valence-electron chi connectivity index (χ2n) is 3.35. The van der Waals surface area contributed by atoms with Crippen molar-refractivity contribution < 1.29 is 19.1 Å². The summed E-state index contributed by atoms with van der Waals surface area (Å²) in [5.41, 5.74) is 0. The topological polar surface area (TPSA) is 64.6 Å². The van der Waals surface area contributed by atoms with Crippen LogP contribution in [-0.2, 0) is 19.1 Å². The molecule has 1 aliphatic heterocycles. The molecule has 0 aromatic carbocycles. The van der Waals surface area contributed by atoms with Gasteiger partial charge in [-0.25, -0.2) is 0 Å². The number of hydrogen-bond donors (Lipinski definition) is 1. The van der Waals surface area contributed by atoms with E-state index in [2.05, 4.69) is 5.32 Å². The Balaban J connectivity index is 2.38. The van der Waals surface area contributed by atoms with Gasteiger partial charge in [0.15, 0.2) is 0 Å². The molecule has 0 bridgehead atoms.